The van der Waals surface area contributed by atoms with Crippen molar-refractivity contribution in [3.63, 3.8) is 0 Å². The van der Waals surface area contributed by atoms with Crippen molar-refractivity contribution in [2.75, 3.05) is 0 Å². The molecule has 2 rings (SSSR count). The Labute approximate surface area is 113 Å². The van der Waals surface area contributed by atoms with Gasteiger partial charge in [-0.05, 0) is 36.6 Å². The van der Waals surface area contributed by atoms with E-state index < -0.39 is 12.1 Å². The Morgan fingerprint density at radius 3 is 2.67 bits per heavy atom. The van der Waals surface area contributed by atoms with Crippen LogP contribution in [0.4, 0.5) is 13.2 Å². The molecule has 1 nitrogen and oxygen atoms in total. The van der Waals surface area contributed by atoms with Crippen molar-refractivity contribution in [2.24, 2.45) is 17.6 Å². The quantitative estimate of drug-likeness (QED) is 0.836. The van der Waals surface area contributed by atoms with Gasteiger partial charge in [-0.2, -0.15) is 13.2 Å². The van der Waals surface area contributed by atoms with Gasteiger partial charge in [-0.1, -0.05) is 18.0 Å². The first-order valence-electron chi connectivity index (χ1n) is 5.94. The molecule has 1 aromatic heterocycles. The summed E-state index contributed by atoms with van der Waals surface area (Å²) in [5.74, 6) is -1.33. The standard InChI is InChI=1S/C12H15ClF3NS/c13-9-4-5-18-11(9)10(17)7-2-1-3-8(6-7)12(14,15)16/h4-5,7-8,10H,1-3,6,17H2. The molecule has 3 atom stereocenters. The summed E-state index contributed by atoms with van der Waals surface area (Å²) < 4.78 is 38.2. The van der Waals surface area contributed by atoms with Gasteiger partial charge in [0.1, 0.15) is 0 Å². The zero-order chi connectivity index (χ0) is 13.3. The molecule has 0 aliphatic heterocycles. The zero-order valence-corrected chi connectivity index (χ0v) is 11.3. The van der Waals surface area contributed by atoms with E-state index in [9.17, 15) is 13.2 Å². The number of nitrogens with two attached hydrogens (primary N) is 1. The summed E-state index contributed by atoms with van der Waals surface area (Å²) in [7, 11) is 0. The van der Waals surface area contributed by atoms with Crippen LogP contribution >= 0.6 is 22.9 Å². The van der Waals surface area contributed by atoms with Crippen LogP contribution in [0.5, 0.6) is 0 Å². The van der Waals surface area contributed by atoms with Gasteiger partial charge in [-0.25, -0.2) is 0 Å². The highest BCUT2D eigenvalue weighted by molar-refractivity contribution is 7.10. The fourth-order valence-corrected chi connectivity index (χ4v) is 3.89. The van der Waals surface area contributed by atoms with Gasteiger partial charge in [0.05, 0.1) is 10.9 Å². The molecule has 1 heterocycles. The fraction of sp³-hybridized carbons (Fsp3) is 0.667. The normalized spacial score (nSPS) is 27.2. The second kappa shape index (κ2) is 5.39. The van der Waals surface area contributed by atoms with Crippen LogP contribution in [0.3, 0.4) is 0 Å². The maximum atomic E-state index is 12.7. The SMILES string of the molecule is NC(c1sccc1Cl)C1CCCC(C(F)(F)F)C1. The Morgan fingerprint density at radius 1 is 1.39 bits per heavy atom. The number of halogens is 4. The molecule has 18 heavy (non-hydrogen) atoms. The molecule has 0 radical (unpaired) electrons. The minimum Gasteiger partial charge on any atom is -0.323 e. The average molecular weight is 298 g/mol. The Bertz CT molecular complexity index is 404. The summed E-state index contributed by atoms with van der Waals surface area (Å²) in [4.78, 5) is 0.810. The van der Waals surface area contributed by atoms with E-state index in [1.807, 2.05) is 5.38 Å². The van der Waals surface area contributed by atoms with E-state index in [1.54, 1.807) is 6.07 Å². The van der Waals surface area contributed by atoms with Crippen molar-refractivity contribution in [3.05, 3.63) is 21.3 Å². The number of hydrogen-bond donors (Lipinski definition) is 1. The zero-order valence-electron chi connectivity index (χ0n) is 9.71. The summed E-state index contributed by atoms with van der Waals surface area (Å²) in [5.41, 5.74) is 6.08. The summed E-state index contributed by atoms with van der Waals surface area (Å²) in [5, 5.41) is 2.39. The maximum Gasteiger partial charge on any atom is 0.391 e. The van der Waals surface area contributed by atoms with Crippen molar-refractivity contribution < 1.29 is 13.2 Å². The van der Waals surface area contributed by atoms with Crippen LogP contribution in [-0.2, 0) is 0 Å². The van der Waals surface area contributed by atoms with Crippen LogP contribution in [-0.4, -0.2) is 6.18 Å². The van der Waals surface area contributed by atoms with E-state index in [0.717, 1.165) is 11.3 Å². The topological polar surface area (TPSA) is 26.0 Å². The van der Waals surface area contributed by atoms with E-state index in [2.05, 4.69) is 0 Å². The van der Waals surface area contributed by atoms with Crippen molar-refractivity contribution >= 4 is 22.9 Å². The molecule has 102 valence electrons. The fourth-order valence-electron chi connectivity index (χ4n) is 2.61. The second-order valence-corrected chi connectivity index (χ2v) is 6.18. The summed E-state index contributed by atoms with van der Waals surface area (Å²) in [6, 6.07) is 1.37. The average Bonchev–Trinajstić information content (AvgIpc) is 2.73. The first-order chi connectivity index (χ1) is 8.39. The van der Waals surface area contributed by atoms with Gasteiger partial charge in [0.25, 0.3) is 0 Å². The Kier molecular flexibility index (Phi) is 4.24. The predicted octanol–water partition coefficient (Wildman–Crippen LogP) is 4.77. The highest BCUT2D eigenvalue weighted by Crippen LogP contribution is 2.44. The highest BCUT2D eigenvalue weighted by atomic mass is 35.5. The van der Waals surface area contributed by atoms with E-state index in [1.165, 1.54) is 11.3 Å². The molecule has 0 spiro atoms. The maximum absolute atomic E-state index is 12.7. The molecule has 6 heteroatoms. The third kappa shape index (κ3) is 3.00. The van der Waals surface area contributed by atoms with E-state index in [-0.39, 0.29) is 24.8 Å². The van der Waals surface area contributed by atoms with Crippen LogP contribution in [0.15, 0.2) is 11.4 Å². The van der Waals surface area contributed by atoms with Gasteiger partial charge >= 0.3 is 6.18 Å². The molecular formula is C12H15ClF3NS. The predicted molar refractivity (Wildman–Crippen MR) is 67.8 cm³/mol. The third-order valence-corrected chi connectivity index (χ3v) is 5.09. The number of thiophene rings is 1. The minimum absolute atomic E-state index is 0.124. The number of rotatable bonds is 2. The molecular weight excluding hydrogens is 283 g/mol. The third-order valence-electron chi connectivity index (χ3n) is 3.63. The smallest absolute Gasteiger partial charge is 0.323 e. The van der Waals surface area contributed by atoms with Crippen molar-refractivity contribution in [2.45, 2.75) is 37.9 Å². The van der Waals surface area contributed by atoms with Gasteiger partial charge in [-0.3, -0.25) is 0 Å². The molecule has 1 aliphatic carbocycles. The van der Waals surface area contributed by atoms with E-state index in [0.29, 0.717) is 11.4 Å². The molecule has 0 aromatic carbocycles. The number of hydrogen-bond acceptors (Lipinski definition) is 2. The Balaban J connectivity index is 2.07. The number of alkyl halides is 3. The van der Waals surface area contributed by atoms with Crippen LogP contribution in [0, 0.1) is 11.8 Å². The van der Waals surface area contributed by atoms with Gasteiger partial charge < -0.3 is 5.73 Å². The molecule has 0 saturated heterocycles. The second-order valence-electron chi connectivity index (χ2n) is 4.82. The monoisotopic (exact) mass is 297 g/mol. The van der Waals surface area contributed by atoms with Gasteiger partial charge in [0.15, 0.2) is 0 Å². The highest BCUT2D eigenvalue weighted by Gasteiger charge is 2.43. The van der Waals surface area contributed by atoms with Crippen LogP contribution in [0.25, 0.3) is 0 Å². The van der Waals surface area contributed by atoms with Crippen molar-refractivity contribution in [1.29, 1.82) is 0 Å². The molecule has 2 N–H and O–H groups in total. The lowest BCUT2D eigenvalue weighted by molar-refractivity contribution is -0.186. The minimum atomic E-state index is -4.10. The van der Waals surface area contributed by atoms with Crippen molar-refractivity contribution in [1.82, 2.24) is 0 Å². The van der Waals surface area contributed by atoms with Gasteiger partial charge in [0, 0.05) is 10.9 Å². The molecule has 3 unspecified atom stereocenters. The van der Waals surface area contributed by atoms with Gasteiger partial charge in [0.2, 0.25) is 0 Å². The lowest BCUT2D eigenvalue weighted by Crippen LogP contribution is -2.33. The molecule has 0 amide bonds. The lowest BCUT2D eigenvalue weighted by Gasteiger charge is -2.33. The lowest BCUT2D eigenvalue weighted by atomic mass is 9.77. The van der Waals surface area contributed by atoms with Crippen LogP contribution in [0.2, 0.25) is 5.02 Å². The first kappa shape index (κ1) is 14.2. The summed E-state index contributed by atoms with van der Waals surface area (Å²) in [6.45, 7) is 0. The molecule has 1 aromatic rings. The Morgan fingerprint density at radius 2 is 2.11 bits per heavy atom. The molecule has 1 fully saturated rings. The van der Waals surface area contributed by atoms with E-state index >= 15 is 0 Å². The molecule has 1 aliphatic rings. The molecule has 1 saturated carbocycles. The Hall–Kier alpha value is -0.260. The summed E-state index contributed by atoms with van der Waals surface area (Å²) in [6.07, 6.45) is -2.41. The largest absolute Gasteiger partial charge is 0.391 e. The molecule has 0 bridgehead atoms. The van der Waals surface area contributed by atoms with E-state index in [4.69, 9.17) is 17.3 Å². The summed E-state index contributed by atoms with van der Waals surface area (Å²) >= 11 is 7.41. The van der Waals surface area contributed by atoms with Gasteiger partial charge in [-0.15, -0.1) is 11.3 Å². The van der Waals surface area contributed by atoms with Crippen molar-refractivity contribution in [3.8, 4) is 0 Å². The van der Waals surface area contributed by atoms with Crippen LogP contribution < -0.4 is 5.73 Å². The van der Waals surface area contributed by atoms with Crippen LogP contribution in [0.1, 0.15) is 36.6 Å². The first-order valence-corrected chi connectivity index (χ1v) is 7.20.